The molecule has 1 fully saturated rings. The highest BCUT2D eigenvalue weighted by Crippen LogP contribution is 2.25. The van der Waals surface area contributed by atoms with E-state index in [2.05, 4.69) is 9.97 Å². The number of rotatable bonds is 3. The first-order valence-corrected chi connectivity index (χ1v) is 6.63. The van der Waals surface area contributed by atoms with Crippen molar-refractivity contribution in [2.45, 2.75) is 32.3 Å². The van der Waals surface area contributed by atoms with Crippen LogP contribution in [0.3, 0.4) is 0 Å². The summed E-state index contributed by atoms with van der Waals surface area (Å²) in [5, 5.41) is 9.29. The molecule has 6 nitrogen and oxygen atoms in total. The first-order valence-electron chi connectivity index (χ1n) is 6.25. The van der Waals surface area contributed by atoms with Gasteiger partial charge in [0.05, 0.1) is 5.56 Å². The van der Waals surface area contributed by atoms with Crippen LogP contribution in [0.4, 0.5) is 4.79 Å². The van der Waals surface area contributed by atoms with Gasteiger partial charge in [0.1, 0.15) is 17.6 Å². The van der Waals surface area contributed by atoms with Crippen LogP contribution < -0.4 is 4.74 Å². The number of amides is 1. The monoisotopic (exact) mass is 285 g/mol. The van der Waals surface area contributed by atoms with Crippen molar-refractivity contribution in [3.8, 4) is 5.88 Å². The van der Waals surface area contributed by atoms with Crippen LogP contribution in [0.25, 0.3) is 0 Å². The van der Waals surface area contributed by atoms with Gasteiger partial charge in [0.15, 0.2) is 0 Å². The Balaban J connectivity index is 1.99. The van der Waals surface area contributed by atoms with Crippen LogP contribution in [0.15, 0.2) is 6.33 Å². The fraction of sp³-hybridized carbons (Fsp3) is 0.583. The summed E-state index contributed by atoms with van der Waals surface area (Å²) < 4.78 is 5.83. The van der Waals surface area contributed by atoms with E-state index in [1.807, 2.05) is 6.92 Å². The molecule has 1 N–H and O–H groups in total. The number of likely N-dealkylation sites (tertiary alicyclic amines) is 1. The molecule has 0 atom stereocenters. The van der Waals surface area contributed by atoms with Crippen LogP contribution in [0.2, 0.25) is 5.15 Å². The average Bonchev–Trinajstić information content (AvgIpc) is 2.39. The van der Waals surface area contributed by atoms with Gasteiger partial charge in [-0.3, -0.25) is 0 Å². The van der Waals surface area contributed by atoms with Crippen molar-refractivity contribution in [2.75, 3.05) is 13.1 Å². The summed E-state index contributed by atoms with van der Waals surface area (Å²) >= 11 is 5.99. The maximum atomic E-state index is 10.8. The highest BCUT2D eigenvalue weighted by atomic mass is 35.5. The molecule has 0 bridgehead atoms. The SMILES string of the molecule is CCc1c(Cl)ncnc1OC1CCN(C(=O)O)CC1. The zero-order chi connectivity index (χ0) is 13.8. The van der Waals surface area contributed by atoms with Crippen LogP contribution >= 0.6 is 11.6 Å². The molecule has 0 unspecified atom stereocenters. The van der Waals surface area contributed by atoms with Crippen LogP contribution in [0, 0.1) is 0 Å². The van der Waals surface area contributed by atoms with Crippen LogP contribution in [-0.4, -0.2) is 45.3 Å². The van der Waals surface area contributed by atoms with Gasteiger partial charge >= 0.3 is 6.09 Å². The van der Waals surface area contributed by atoms with E-state index in [0.717, 1.165) is 5.56 Å². The quantitative estimate of drug-likeness (QED) is 0.862. The van der Waals surface area contributed by atoms with E-state index in [0.29, 0.717) is 43.4 Å². The van der Waals surface area contributed by atoms with Gasteiger partial charge in [0.25, 0.3) is 0 Å². The van der Waals surface area contributed by atoms with Crippen molar-refractivity contribution in [3.05, 3.63) is 17.0 Å². The van der Waals surface area contributed by atoms with E-state index in [1.54, 1.807) is 0 Å². The highest BCUT2D eigenvalue weighted by molar-refractivity contribution is 6.30. The molecule has 1 aliphatic heterocycles. The minimum Gasteiger partial charge on any atom is -0.474 e. The number of ether oxygens (including phenoxy) is 1. The van der Waals surface area contributed by atoms with Gasteiger partial charge in [0, 0.05) is 25.9 Å². The summed E-state index contributed by atoms with van der Waals surface area (Å²) in [7, 11) is 0. The third-order valence-corrected chi connectivity index (χ3v) is 3.52. The Morgan fingerprint density at radius 1 is 1.53 bits per heavy atom. The van der Waals surface area contributed by atoms with Crippen molar-refractivity contribution in [2.24, 2.45) is 0 Å². The molecule has 1 amide bonds. The van der Waals surface area contributed by atoms with Crippen molar-refractivity contribution in [1.82, 2.24) is 14.9 Å². The third kappa shape index (κ3) is 3.26. The van der Waals surface area contributed by atoms with E-state index in [-0.39, 0.29) is 6.10 Å². The second-order valence-corrected chi connectivity index (χ2v) is 4.75. The minimum atomic E-state index is -0.877. The van der Waals surface area contributed by atoms with E-state index in [4.69, 9.17) is 21.4 Å². The summed E-state index contributed by atoms with van der Waals surface area (Å²) in [6, 6.07) is 0. The van der Waals surface area contributed by atoms with Crippen molar-refractivity contribution < 1.29 is 14.6 Å². The molecular formula is C12H16ClN3O3. The summed E-state index contributed by atoms with van der Waals surface area (Å²) in [5.74, 6) is 0.510. The van der Waals surface area contributed by atoms with Crippen LogP contribution in [0.1, 0.15) is 25.3 Å². The molecule has 104 valence electrons. The van der Waals surface area contributed by atoms with Gasteiger partial charge in [-0.25, -0.2) is 14.8 Å². The molecule has 7 heteroatoms. The van der Waals surface area contributed by atoms with Gasteiger partial charge in [-0.2, -0.15) is 0 Å². The van der Waals surface area contributed by atoms with E-state index < -0.39 is 6.09 Å². The molecule has 1 aromatic heterocycles. The molecular weight excluding hydrogens is 270 g/mol. The maximum absolute atomic E-state index is 10.8. The maximum Gasteiger partial charge on any atom is 0.407 e. The second kappa shape index (κ2) is 6.06. The first-order chi connectivity index (χ1) is 9.11. The molecule has 2 heterocycles. The Morgan fingerprint density at radius 3 is 2.79 bits per heavy atom. The topological polar surface area (TPSA) is 75.6 Å². The molecule has 1 aromatic rings. The fourth-order valence-electron chi connectivity index (χ4n) is 2.10. The fourth-order valence-corrected chi connectivity index (χ4v) is 2.36. The number of carbonyl (C=O) groups is 1. The standard InChI is InChI=1S/C12H16ClN3O3/c1-2-9-10(13)14-7-15-11(9)19-8-3-5-16(6-4-8)12(17)18/h7-8H,2-6H2,1H3,(H,17,18). The highest BCUT2D eigenvalue weighted by Gasteiger charge is 2.24. The lowest BCUT2D eigenvalue weighted by atomic mass is 10.1. The summed E-state index contributed by atoms with van der Waals surface area (Å²) in [6.45, 7) is 2.94. The molecule has 0 spiro atoms. The lowest BCUT2D eigenvalue weighted by Gasteiger charge is -2.30. The summed E-state index contributed by atoms with van der Waals surface area (Å²) in [5.41, 5.74) is 0.796. The van der Waals surface area contributed by atoms with Crippen LogP contribution in [-0.2, 0) is 6.42 Å². The van der Waals surface area contributed by atoms with E-state index in [9.17, 15) is 4.79 Å². The number of hydrogen-bond acceptors (Lipinski definition) is 4. The number of carboxylic acid groups (broad SMARTS) is 1. The number of nitrogens with zero attached hydrogens (tertiary/aromatic N) is 3. The smallest absolute Gasteiger partial charge is 0.407 e. The molecule has 0 aliphatic carbocycles. The first kappa shape index (κ1) is 13.9. The van der Waals surface area contributed by atoms with Crippen molar-refractivity contribution in [1.29, 1.82) is 0 Å². The number of aromatic nitrogens is 2. The lowest BCUT2D eigenvalue weighted by molar-refractivity contribution is 0.0864. The van der Waals surface area contributed by atoms with Gasteiger partial charge < -0.3 is 14.7 Å². The number of hydrogen-bond donors (Lipinski definition) is 1. The summed E-state index contributed by atoms with van der Waals surface area (Å²) in [4.78, 5) is 20.2. The molecule has 1 saturated heterocycles. The van der Waals surface area contributed by atoms with Gasteiger partial charge in [-0.1, -0.05) is 18.5 Å². The molecule has 1 aliphatic rings. The minimum absolute atomic E-state index is 0.0214. The lowest BCUT2D eigenvalue weighted by Crippen LogP contribution is -2.41. The number of halogens is 1. The normalized spacial score (nSPS) is 16.4. The predicted octanol–water partition coefficient (Wildman–Crippen LogP) is 2.21. The Bertz CT molecular complexity index is 462. The Hall–Kier alpha value is -1.56. The van der Waals surface area contributed by atoms with Gasteiger partial charge in [0.2, 0.25) is 5.88 Å². The molecule has 2 rings (SSSR count). The van der Waals surface area contributed by atoms with Crippen molar-refractivity contribution >= 4 is 17.7 Å². The van der Waals surface area contributed by atoms with E-state index in [1.165, 1.54) is 11.2 Å². The largest absolute Gasteiger partial charge is 0.474 e. The zero-order valence-corrected chi connectivity index (χ0v) is 11.4. The Kier molecular flexibility index (Phi) is 4.42. The Labute approximate surface area is 116 Å². The van der Waals surface area contributed by atoms with Gasteiger partial charge in [-0.05, 0) is 6.42 Å². The predicted molar refractivity (Wildman–Crippen MR) is 69.7 cm³/mol. The average molecular weight is 286 g/mol. The third-order valence-electron chi connectivity index (χ3n) is 3.20. The van der Waals surface area contributed by atoms with Crippen molar-refractivity contribution in [3.63, 3.8) is 0 Å². The number of piperidine rings is 1. The molecule has 19 heavy (non-hydrogen) atoms. The molecule has 0 radical (unpaired) electrons. The van der Waals surface area contributed by atoms with Gasteiger partial charge in [-0.15, -0.1) is 0 Å². The van der Waals surface area contributed by atoms with Crippen LogP contribution in [0.5, 0.6) is 5.88 Å². The zero-order valence-electron chi connectivity index (χ0n) is 10.7. The molecule has 0 aromatic carbocycles. The summed E-state index contributed by atoms with van der Waals surface area (Å²) in [6.07, 6.45) is 2.50. The Morgan fingerprint density at radius 2 is 2.21 bits per heavy atom. The second-order valence-electron chi connectivity index (χ2n) is 4.39. The van der Waals surface area contributed by atoms with E-state index >= 15 is 0 Å². The molecule has 0 saturated carbocycles.